The lowest BCUT2D eigenvalue weighted by molar-refractivity contribution is -0.149. The molecule has 5 rings (SSSR count). The van der Waals surface area contributed by atoms with Crippen LogP contribution in [-0.4, -0.2) is 57.6 Å². The molecule has 36 heavy (non-hydrogen) atoms. The Morgan fingerprint density at radius 3 is 2.31 bits per heavy atom. The lowest BCUT2D eigenvalue weighted by Crippen LogP contribution is -2.57. The van der Waals surface area contributed by atoms with Crippen LogP contribution in [-0.2, 0) is 19.1 Å². The molecule has 6 atom stereocenters. The van der Waals surface area contributed by atoms with Crippen LogP contribution in [0.4, 0.5) is 5.69 Å². The lowest BCUT2D eigenvalue weighted by Gasteiger charge is -2.37. The van der Waals surface area contributed by atoms with Crippen LogP contribution in [0.2, 0.25) is 0 Å². The Labute approximate surface area is 211 Å². The normalized spacial score (nSPS) is 31.4. The van der Waals surface area contributed by atoms with E-state index < -0.39 is 35.1 Å². The van der Waals surface area contributed by atoms with E-state index in [9.17, 15) is 19.5 Å². The number of hydrogen-bond donors (Lipinski definition) is 3. The number of rotatable bonds is 7. The number of carbonyl (C=O) groups is 3. The smallest absolute Gasteiger partial charge is 0.246 e. The van der Waals surface area contributed by atoms with Crippen molar-refractivity contribution in [1.82, 2.24) is 10.2 Å². The number of amides is 3. The van der Waals surface area contributed by atoms with Crippen molar-refractivity contribution in [3.8, 4) is 0 Å². The van der Waals surface area contributed by atoms with E-state index >= 15 is 0 Å². The van der Waals surface area contributed by atoms with E-state index in [0.717, 1.165) is 5.56 Å². The summed E-state index contributed by atoms with van der Waals surface area (Å²) in [4.78, 5) is 43.1. The van der Waals surface area contributed by atoms with Crippen molar-refractivity contribution in [2.45, 2.75) is 62.9 Å². The van der Waals surface area contributed by atoms with Crippen LogP contribution < -0.4 is 10.6 Å². The van der Waals surface area contributed by atoms with Gasteiger partial charge in [-0.2, -0.15) is 0 Å². The molecule has 3 N–H and O–H groups in total. The highest BCUT2D eigenvalue weighted by atomic mass is 16.5. The van der Waals surface area contributed by atoms with Crippen LogP contribution in [0.5, 0.6) is 0 Å². The van der Waals surface area contributed by atoms with E-state index in [1.807, 2.05) is 69.3 Å². The van der Waals surface area contributed by atoms with Gasteiger partial charge in [-0.05, 0) is 51.3 Å². The summed E-state index contributed by atoms with van der Waals surface area (Å²) in [5, 5.41) is 16.4. The zero-order chi connectivity index (χ0) is 25.7. The molecule has 8 nitrogen and oxygen atoms in total. The third kappa shape index (κ3) is 3.71. The van der Waals surface area contributed by atoms with Gasteiger partial charge in [-0.3, -0.25) is 14.4 Å². The van der Waals surface area contributed by atoms with Gasteiger partial charge in [0.1, 0.15) is 11.6 Å². The van der Waals surface area contributed by atoms with Crippen LogP contribution in [0, 0.1) is 11.8 Å². The van der Waals surface area contributed by atoms with Gasteiger partial charge in [-0.1, -0.05) is 48.5 Å². The first-order valence-corrected chi connectivity index (χ1v) is 12.6. The average Bonchev–Trinajstić information content (AvgIpc) is 3.41. The van der Waals surface area contributed by atoms with Gasteiger partial charge >= 0.3 is 0 Å². The summed E-state index contributed by atoms with van der Waals surface area (Å²) in [6.45, 7) is 5.23. The fraction of sp³-hybridized carbons (Fsp3) is 0.464. The van der Waals surface area contributed by atoms with Crippen LogP contribution in [0.3, 0.4) is 0 Å². The molecule has 2 aromatic rings. The molecule has 190 valence electrons. The van der Waals surface area contributed by atoms with Crippen molar-refractivity contribution < 1.29 is 24.2 Å². The molecule has 3 fully saturated rings. The van der Waals surface area contributed by atoms with Crippen molar-refractivity contribution >= 4 is 23.4 Å². The van der Waals surface area contributed by atoms with Crippen LogP contribution in [0.1, 0.15) is 45.2 Å². The van der Waals surface area contributed by atoms with Crippen LogP contribution >= 0.6 is 0 Å². The number of anilines is 1. The zero-order valence-electron chi connectivity index (χ0n) is 20.8. The average molecular weight is 492 g/mol. The van der Waals surface area contributed by atoms with E-state index in [-0.39, 0.29) is 30.4 Å². The summed E-state index contributed by atoms with van der Waals surface area (Å²) < 4.78 is 6.62. The maximum absolute atomic E-state index is 14.2. The van der Waals surface area contributed by atoms with Crippen molar-refractivity contribution in [3.05, 3.63) is 66.2 Å². The molecule has 8 heteroatoms. The standard InChI is InChI=1S/C28H33N3O5/c1-17(2)29-25(34)23-28-15-14-27(3,36-28)21(24(33)30-19-12-8-5-9-13-19)22(28)26(35)31(23)20(16-32)18-10-6-4-7-11-18/h4-13,17,20-23,32H,14-16H2,1-3H3,(H,29,34)(H,30,33)/t20-,21-,22+,23?,27+,28?/m1/s1. The molecule has 3 amide bonds. The van der Waals surface area contributed by atoms with Crippen LogP contribution in [0.15, 0.2) is 60.7 Å². The molecule has 0 aliphatic carbocycles. The molecule has 2 unspecified atom stereocenters. The third-order valence-electron chi connectivity index (χ3n) is 7.91. The number of para-hydroxylation sites is 1. The first-order chi connectivity index (χ1) is 17.2. The monoisotopic (exact) mass is 491 g/mol. The number of benzene rings is 2. The number of fused-ring (bicyclic) bond motifs is 1. The topological polar surface area (TPSA) is 108 Å². The van der Waals surface area contributed by atoms with E-state index in [4.69, 9.17) is 4.74 Å². The fourth-order valence-electron chi connectivity index (χ4n) is 6.53. The fourth-order valence-corrected chi connectivity index (χ4v) is 6.53. The van der Waals surface area contributed by atoms with Gasteiger partial charge in [0.05, 0.1) is 30.1 Å². The summed E-state index contributed by atoms with van der Waals surface area (Å²) in [5.41, 5.74) is -0.663. The second kappa shape index (κ2) is 9.01. The van der Waals surface area contributed by atoms with Gasteiger partial charge in [0.25, 0.3) is 0 Å². The molecule has 0 radical (unpaired) electrons. The highest BCUT2D eigenvalue weighted by Gasteiger charge is 2.78. The number of likely N-dealkylation sites (tertiary alicyclic amines) is 1. The Hall–Kier alpha value is -3.23. The van der Waals surface area contributed by atoms with Gasteiger partial charge in [0, 0.05) is 11.7 Å². The molecule has 2 aromatic carbocycles. The molecular formula is C28H33N3O5. The zero-order valence-corrected chi connectivity index (χ0v) is 20.8. The maximum atomic E-state index is 14.2. The molecule has 0 saturated carbocycles. The van der Waals surface area contributed by atoms with E-state index in [1.54, 1.807) is 12.1 Å². The Bertz CT molecular complexity index is 1160. The molecule has 0 aromatic heterocycles. The highest BCUT2D eigenvalue weighted by Crippen LogP contribution is 2.64. The van der Waals surface area contributed by atoms with Gasteiger partial charge in [0.15, 0.2) is 0 Å². The van der Waals surface area contributed by atoms with Gasteiger partial charge < -0.3 is 25.4 Å². The highest BCUT2D eigenvalue weighted by molar-refractivity contribution is 6.02. The summed E-state index contributed by atoms with van der Waals surface area (Å²) in [7, 11) is 0. The minimum atomic E-state index is -1.15. The number of nitrogens with one attached hydrogen (secondary N) is 2. The first-order valence-electron chi connectivity index (χ1n) is 12.6. The molecule has 3 aliphatic rings. The van der Waals surface area contributed by atoms with Gasteiger partial charge in [-0.25, -0.2) is 0 Å². The van der Waals surface area contributed by atoms with Gasteiger partial charge in [0.2, 0.25) is 17.7 Å². The van der Waals surface area contributed by atoms with Crippen molar-refractivity contribution in [2.24, 2.45) is 11.8 Å². The number of hydrogen-bond acceptors (Lipinski definition) is 5. The Morgan fingerprint density at radius 1 is 1.06 bits per heavy atom. The van der Waals surface area contributed by atoms with E-state index in [0.29, 0.717) is 18.5 Å². The summed E-state index contributed by atoms with van der Waals surface area (Å²) in [6.07, 6.45) is 1.03. The molecule has 3 saturated heterocycles. The molecule has 2 bridgehead atoms. The van der Waals surface area contributed by atoms with E-state index in [2.05, 4.69) is 10.6 Å². The molecular weight excluding hydrogens is 458 g/mol. The van der Waals surface area contributed by atoms with Crippen LogP contribution in [0.25, 0.3) is 0 Å². The van der Waals surface area contributed by atoms with Crippen molar-refractivity contribution in [1.29, 1.82) is 0 Å². The Morgan fingerprint density at radius 2 is 1.69 bits per heavy atom. The number of aliphatic hydroxyl groups is 1. The summed E-state index contributed by atoms with van der Waals surface area (Å²) >= 11 is 0. The Kier molecular flexibility index (Phi) is 6.12. The number of nitrogens with zero attached hydrogens (tertiary/aromatic N) is 1. The lowest BCUT2D eigenvalue weighted by atomic mass is 9.66. The minimum absolute atomic E-state index is 0.152. The third-order valence-corrected chi connectivity index (χ3v) is 7.91. The maximum Gasteiger partial charge on any atom is 0.246 e. The molecule has 3 heterocycles. The quantitative estimate of drug-likeness (QED) is 0.552. The van der Waals surface area contributed by atoms with Crippen molar-refractivity contribution in [2.75, 3.05) is 11.9 Å². The minimum Gasteiger partial charge on any atom is -0.394 e. The van der Waals surface area contributed by atoms with Crippen molar-refractivity contribution in [3.63, 3.8) is 0 Å². The summed E-state index contributed by atoms with van der Waals surface area (Å²) in [5.74, 6) is -2.56. The predicted octanol–water partition coefficient (Wildman–Crippen LogP) is 2.65. The van der Waals surface area contributed by atoms with E-state index in [1.165, 1.54) is 4.90 Å². The predicted molar refractivity (Wildman–Crippen MR) is 134 cm³/mol. The van der Waals surface area contributed by atoms with Gasteiger partial charge in [-0.15, -0.1) is 0 Å². The number of carbonyl (C=O) groups excluding carboxylic acids is 3. The largest absolute Gasteiger partial charge is 0.394 e. The Balaban J connectivity index is 1.58. The second-order valence-corrected chi connectivity index (χ2v) is 10.6. The number of ether oxygens (including phenoxy) is 1. The molecule has 3 aliphatic heterocycles. The summed E-state index contributed by atoms with van der Waals surface area (Å²) in [6, 6.07) is 16.4. The second-order valence-electron chi connectivity index (χ2n) is 10.6. The number of aliphatic hydroxyl groups excluding tert-OH is 1. The molecule has 1 spiro atoms. The SMILES string of the molecule is CC(C)NC(=O)C1N([C@H](CO)c2ccccc2)C(=O)[C@@H]2[C@H](C(=O)Nc3ccccc3)[C@]3(C)CCC12O3. The first kappa shape index (κ1) is 24.5.